The largest absolute Gasteiger partial charge is 0.395 e. The van der Waals surface area contributed by atoms with E-state index < -0.39 is 0 Å². The number of piperidine rings is 2. The maximum Gasteiger partial charge on any atom is 0.225 e. The van der Waals surface area contributed by atoms with E-state index in [0.717, 1.165) is 92.9 Å². The van der Waals surface area contributed by atoms with E-state index in [0.29, 0.717) is 11.7 Å². The SMILES string of the molecule is CC12CCN(CC1)c1cc(NSCCO)ccc1-n1cc(nn1)-c1ccnc(n1)N1CCCC(CCCO2)C1. The molecule has 0 radical (unpaired) electrons. The third kappa shape index (κ3) is 6.00. The summed E-state index contributed by atoms with van der Waals surface area (Å²) in [5.41, 5.74) is 4.49. The maximum absolute atomic E-state index is 9.19. The lowest BCUT2D eigenvalue weighted by Gasteiger charge is -2.41. The number of benzene rings is 1. The van der Waals surface area contributed by atoms with Gasteiger partial charge in [-0.15, -0.1) is 5.10 Å². The van der Waals surface area contributed by atoms with E-state index in [1.807, 2.05) is 29.2 Å². The minimum Gasteiger partial charge on any atom is -0.395 e. The lowest BCUT2D eigenvalue weighted by Crippen LogP contribution is -2.44. The maximum atomic E-state index is 9.19. The van der Waals surface area contributed by atoms with Crippen LogP contribution in [0.2, 0.25) is 0 Å². The van der Waals surface area contributed by atoms with E-state index in [4.69, 9.17) is 9.72 Å². The molecule has 7 rings (SSSR count). The zero-order valence-corrected chi connectivity index (χ0v) is 23.4. The highest BCUT2D eigenvalue weighted by atomic mass is 32.2. The second-order valence-corrected chi connectivity index (χ2v) is 12.0. The highest BCUT2D eigenvalue weighted by Crippen LogP contribution is 2.35. The Morgan fingerprint density at radius 2 is 1.95 bits per heavy atom. The number of ether oxygens (including phenoxy) is 1. The van der Waals surface area contributed by atoms with Gasteiger partial charge in [-0.2, -0.15) is 0 Å². The van der Waals surface area contributed by atoms with Crippen LogP contribution in [0.4, 0.5) is 17.3 Å². The number of fused-ring (bicyclic) bond motifs is 5. The fourth-order valence-electron chi connectivity index (χ4n) is 5.89. The fraction of sp³-hybridized carbons (Fsp3) is 0.571. The minimum atomic E-state index is -0.0988. The minimum absolute atomic E-state index is 0.0988. The molecule has 0 aliphatic carbocycles. The van der Waals surface area contributed by atoms with Gasteiger partial charge < -0.3 is 24.4 Å². The number of nitrogens with one attached hydrogen (secondary N) is 1. The predicted molar refractivity (Wildman–Crippen MR) is 156 cm³/mol. The third-order valence-electron chi connectivity index (χ3n) is 8.18. The molecular weight excluding hydrogens is 512 g/mol. The van der Waals surface area contributed by atoms with Crippen LogP contribution in [-0.4, -0.2) is 80.8 Å². The number of nitrogens with zero attached hydrogens (tertiary/aromatic N) is 7. The zero-order valence-electron chi connectivity index (χ0n) is 22.6. The van der Waals surface area contributed by atoms with Crippen LogP contribution in [0, 0.1) is 5.92 Å². The van der Waals surface area contributed by atoms with Gasteiger partial charge in [0.2, 0.25) is 5.95 Å². The Kier molecular flexibility index (Phi) is 7.90. The lowest BCUT2D eigenvalue weighted by atomic mass is 9.92. The van der Waals surface area contributed by atoms with Gasteiger partial charge in [-0.05, 0) is 75.6 Å². The molecule has 39 heavy (non-hydrogen) atoms. The summed E-state index contributed by atoms with van der Waals surface area (Å²) < 4.78 is 11.7. The molecular formula is C28H38N8O2S. The Hall–Kier alpha value is -2.89. The molecule has 2 N–H and O–H groups in total. The molecule has 1 aromatic carbocycles. The van der Waals surface area contributed by atoms with Gasteiger partial charge in [-0.1, -0.05) is 17.2 Å². The van der Waals surface area contributed by atoms with Crippen LogP contribution in [0.15, 0.2) is 36.7 Å². The molecule has 8 bridgehead atoms. The van der Waals surface area contributed by atoms with Crippen LogP contribution in [0.1, 0.15) is 45.4 Å². The first kappa shape index (κ1) is 26.3. The van der Waals surface area contributed by atoms with E-state index in [9.17, 15) is 5.11 Å². The summed E-state index contributed by atoms with van der Waals surface area (Å²) in [5.74, 6) is 2.04. The Morgan fingerprint density at radius 1 is 1.08 bits per heavy atom. The van der Waals surface area contributed by atoms with E-state index in [1.165, 1.54) is 24.8 Å². The molecule has 2 saturated heterocycles. The molecule has 2 aromatic heterocycles. The van der Waals surface area contributed by atoms with Crippen molar-refractivity contribution in [3.63, 3.8) is 0 Å². The molecule has 0 amide bonds. The number of hydrogen-bond donors (Lipinski definition) is 2. The Morgan fingerprint density at radius 3 is 2.82 bits per heavy atom. The summed E-state index contributed by atoms with van der Waals surface area (Å²) in [4.78, 5) is 14.3. The van der Waals surface area contributed by atoms with Crippen LogP contribution in [0.3, 0.4) is 0 Å². The van der Waals surface area contributed by atoms with Gasteiger partial charge in [0.25, 0.3) is 0 Å². The van der Waals surface area contributed by atoms with Crippen molar-refractivity contribution in [1.82, 2.24) is 25.0 Å². The molecule has 208 valence electrons. The quantitative estimate of drug-likeness (QED) is 0.363. The molecule has 4 aliphatic rings. The van der Waals surface area contributed by atoms with Crippen LogP contribution in [-0.2, 0) is 4.74 Å². The number of aromatic nitrogens is 5. The Labute approximate surface area is 234 Å². The highest BCUT2D eigenvalue weighted by Gasteiger charge is 2.32. The topological polar surface area (TPSA) is 104 Å². The van der Waals surface area contributed by atoms with Gasteiger partial charge in [0.05, 0.1) is 35.5 Å². The van der Waals surface area contributed by atoms with Crippen molar-refractivity contribution in [3.8, 4) is 17.1 Å². The number of aliphatic hydroxyl groups is 1. The second-order valence-electron chi connectivity index (χ2n) is 11.0. The first-order valence-electron chi connectivity index (χ1n) is 14.1. The summed E-state index contributed by atoms with van der Waals surface area (Å²) in [6.07, 6.45) is 10.4. The highest BCUT2D eigenvalue weighted by molar-refractivity contribution is 8.00. The van der Waals surface area contributed by atoms with Crippen LogP contribution < -0.4 is 14.5 Å². The van der Waals surface area contributed by atoms with E-state index in [2.05, 4.69) is 48.9 Å². The molecule has 0 saturated carbocycles. The van der Waals surface area contributed by atoms with Gasteiger partial charge in [0.1, 0.15) is 5.69 Å². The van der Waals surface area contributed by atoms with Crippen molar-refractivity contribution in [2.75, 3.05) is 59.7 Å². The van der Waals surface area contributed by atoms with Gasteiger partial charge in [0.15, 0.2) is 0 Å². The van der Waals surface area contributed by atoms with Gasteiger partial charge in [-0.25, -0.2) is 14.6 Å². The van der Waals surface area contributed by atoms with Crippen LogP contribution in [0.5, 0.6) is 0 Å². The average Bonchev–Trinajstić information content (AvgIpc) is 3.46. The van der Waals surface area contributed by atoms with Crippen molar-refractivity contribution < 1.29 is 9.84 Å². The van der Waals surface area contributed by atoms with E-state index >= 15 is 0 Å². The third-order valence-corrected chi connectivity index (χ3v) is 8.94. The fourth-order valence-corrected chi connectivity index (χ4v) is 6.38. The zero-order chi connectivity index (χ0) is 26.7. The number of rotatable bonds is 4. The van der Waals surface area contributed by atoms with Crippen LogP contribution in [0.25, 0.3) is 17.1 Å². The summed E-state index contributed by atoms with van der Waals surface area (Å²) in [7, 11) is 0. The summed E-state index contributed by atoms with van der Waals surface area (Å²) in [6.45, 7) is 7.01. The molecule has 11 heteroatoms. The van der Waals surface area contributed by atoms with E-state index in [-0.39, 0.29) is 12.2 Å². The monoisotopic (exact) mass is 550 g/mol. The van der Waals surface area contributed by atoms with Crippen molar-refractivity contribution in [2.45, 2.75) is 51.0 Å². The normalized spacial score (nSPS) is 23.5. The second kappa shape index (κ2) is 11.7. The van der Waals surface area contributed by atoms with Crippen molar-refractivity contribution in [2.24, 2.45) is 5.92 Å². The molecule has 1 atom stereocenters. The summed E-state index contributed by atoms with van der Waals surface area (Å²) >= 11 is 1.50. The van der Waals surface area contributed by atoms with E-state index in [1.54, 1.807) is 0 Å². The molecule has 10 nitrogen and oxygen atoms in total. The first-order chi connectivity index (χ1) is 19.1. The number of anilines is 3. The van der Waals surface area contributed by atoms with Crippen molar-refractivity contribution in [3.05, 3.63) is 36.7 Å². The molecule has 4 aliphatic heterocycles. The molecule has 0 spiro atoms. The number of aliphatic hydroxyl groups excluding tert-OH is 1. The predicted octanol–water partition coefficient (Wildman–Crippen LogP) is 4.16. The average molecular weight is 551 g/mol. The molecule has 2 fully saturated rings. The van der Waals surface area contributed by atoms with Gasteiger partial charge in [-0.3, -0.25) is 0 Å². The molecule has 1 unspecified atom stereocenters. The Bertz CT molecular complexity index is 1260. The van der Waals surface area contributed by atoms with Crippen LogP contribution >= 0.6 is 11.9 Å². The standard InChI is InChI=1S/C28H38N8O2S/c1-28-9-13-34(14-10-28)26-18-22(32-39-17-15-37)6-7-25(26)36-20-24(31-33-36)23-8-11-29-27(30-23)35-12-2-4-21(19-35)5-3-16-38-28/h6-8,11,18,20-21,32,37H,2-5,9-10,12-17,19H2,1H3. The van der Waals surface area contributed by atoms with Crippen molar-refractivity contribution in [1.29, 1.82) is 0 Å². The smallest absolute Gasteiger partial charge is 0.225 e. The first-order valence-corrected chi connectivity index (χ1v) is 15.1. The summed E-state index contributed by atoms with van der Waals surface area (Å²) in [6, 6.07) is 8.22. The molecule has 6 heterocycles. The Balaban J connectivity index is 1.36. The van der Waals surface area contributed by atoms with Gasteiger partial charge in [0, 0.05) is 50.4 Å². The summed E-state index contributed by atoms with van der Waals surface area (Å²) in [5, 5.41) is 18.2. The number of hydrogen-bond acceptors (Lipinski definition) is 10. The lowest BCUT2D eigenvalue weighted by molar-refractivity contribution is -0.0500. The molecule has 3 aromatic rings. The van der Waals surface area contributed by atoms with Crippen molar-refractivity contribution >= 4 is 29.3 Å². The van der Waals surface area contributed by atoms with Gasteiger partial charge >= 0.3 is 0 Å².